The number of hydrogen-bond donors (Lipinski definition) is 1. The van der Waals surface area contributed by atoms with Crippen LogP contribution in [-0.4, -0.2) is 55.9 Å². The minimum absolute atomic E-state index is 0.291. The minimum atomic E-state index is -0.827. The van der Waals surface area contributed by atoms with Gasteiger partial charge in [0.2, 0.25) is 5.91 Å². The third-order valence-corrected chi connectivity index (χ3v) is 4.22. The summed E-state index contributed by atoms with van der Waals surface area (Å²) < 4.78 is 5.32. The van der Waals surface area contributed by atoms with Crippen LogP contribution in [0.1, 0.15) is 18.9 Å². The Morgan fingerprint density at radius 2 is 2.08 bits per heavy atom. The Morgan fingerprint density at radius 3 is 2.76 bits per heavy atom. The summed E-state index contributed by atoms with van der Waals surface area (Å²) >= 11 is 0. The molecule has 1 atom stereocenters. The van der Waals surface area contributed by atoms with Gasteiger partial charge in [-0.3, -0.25) is 14.7 Å². The van der Waals surface area contributed by atoms with Crippen molar-refractivity contribution < 1.29 is 9.53 Å². The van der Waals surface area contributed by atoms with Crippen molar-refractivity contribution in [3.05, 3.63) is 35.9 Å². The van der Waals surface area contributed by atoms with Gasteiger partial charge >= 0.3 is 0 Å². The van der Waals surface area contributed by atoms with Crippen molar-refractivity contribution in [3.63, 3.8) is 0 Å². The number of ether oxygens (including phenoxy) is 1. The smallest absolute Gasteiger partial charge is 0.243 e. The number of aliphatic imine (C=N–C) groups is 1. The van der Waals surface area contributed by atoms with Crippen LogP contribution in [0.5, 0.6) is 0 Å². The number of nitriles is 1. The number of hydrogen-bond acceptors (Lipinski definition) is 5. The van der Waals surface area contributed by atoms with E-state index in [4.69, 9.17) is 4.74 Å². The molecule has 0 aromatic heterocycles. The summed E-state index contributed by atoms with van der Waals surface area (Å²) in [6, 6.07) is 11.7. The molecule has 1 amide bonds. The van der Waals surface area contributed by atoms with Crippen LogP contribution in [0.15, 0.2) is 35.3 Å². The van der Waals surface area contributed by atoms with Crippen molar-refractivity contribution in [2.24, 2.45) is 10.9 Å². The molecule has 0 aliphatic carbocycles. The molecule has 1 saturated heterocycles. The van der Waals surface area contributed by atoms with Gasteiger partial charge in [-0.2, -0.15) is 5.26 Å². The van der Waals surface area contributed by atoms with Crippen LogP contribution in [0.25, 0.3) is 0 Å². The molecule has 0 bridgehead atoms. The predicted molar refractivity (Wildman–Crippen MR) is 97.2 cm³/mol. The van der Waals surface area contributed by atoms with Crippen molar-refractivity contribution >= 4 is 11.6 Å². The van der Waals surface area contributed by atoms with Gasteiger partial charge < -0.3 is 10.1 Å². The molecule has 0 radical (unpaired) electrons. The zero-order valence-corrected chi connectivity index (χ0v) is 14.8. The molecule has 25 heavy (non-hydrogen) atoms. The monoisotopic (exact) mass is 342 g/mol. The van der Waals surface area contributed by atoms with Crippen LogP contribution in [0.3, 0.4) is 0 Å². The molecule has 1 aromatic rings. The maximum absolute atomic E-state index is 12.2. The van der Waals surface area contributed by atoms with E-state index in [0.717, 1.165) is 44.8 Å². The average Bonchev–Trinajstić information content (AvgIpc) is 2.66. The lowest BCUT2D eigenvalue weighted by Crippen LogP contribution is -2.37. The predicted octanol–water partition coefficient (Wildman–Crippen LogP) is 1.63. The third kappa shape index (κ3) is 6.65. The Labute approximate surface area is 149 Å². The zero-order valence-electron chi connectivity index (χ0n) is 14.8. The van der Waals surface area contributed by atoms with Gasteiger partial charge in [-0.1, -0.05) is 30.3 Å². The average molecular weight is 342 g/mol. The van der Waals surface area contributed by atoms with E-state index in [1.54, 1.807) is 6.92 Å². The highest BCUT2D eigenvalue weighted by atomic mass is 16.5. The van der Waals surface area contributed by atoms with Gasteiger partial charge in [-0.15, -0.1) is 0 Å². The molecular formula is C19H26N4O2. The molecule has 1 unspecified atom stereocenters. The number of nitrogens with one attached hydrogen (secondary N) is 1. The number of rotatable bonds is 8. The van der Waals surface area contributed by atoms with Gasteiger partial charge in [-0.05, 0) is 18.9 Å². The highest BCUT2D eigenvalue weighted by Crippen LogP contribution is 2.04. The SMILES string of the molecule is CC(=NCCCN1CCOCC1)C(C#N)C(=O)NCc1ccccc1. The van der Waals surface area contributed by atoms with Gasteiger partial charge in [-0.25, -0.2) is 0 Å². The van der Waals surface area contributed by atoms with E-state index in [9.17, 15) is 10.1 Å². The molecule has 1 aliphatic heterocycles. The number of amides is 1. The van der Waals surface area contributed by atoms with E-state index < -0.39 is 5.92 Å². The summed E-state index contributed by atoms with van der Waals surface area (Å²) in [5.74, 6) is -1.12. The molecule has 1 fully saturated rings. The fourth-order valence-electron chi connectivity index (χ4n) is 2.69. The Hall–Kier alpha value is -2.23. The summed E-state index contributed by atoms with van der Waals surface area (Å²) in [6.07, 6.45) is 0.918. The minimum Gasteiger partial charge on any atom is -0.379 e. The summed E-state index contributed by atoms with van der Waals surface area (Å²) in [5.41, 5.74) is 1.59. The van der Waals surface area contributed by atoms with Gasteiger partial charge in [0, 0.05) is 38.4 Å². The molecule has 6 nitrogen and oxygen atoms in total. The first-order valence-corrected chi connectivity index (χ1v) is 8.73. The van der Waals surface area contributed by atoms with E-state index in [2.05, 4.69) is 21.3 Å². The largest absolute Gasteiger partial charge is 0.379 e. The Bertz CT molecular complexity index is 604. The van der Waals surface area contributed by atoms with Gasteiger partial charge in [0.15, 0.2) is 5.92 Å². The lowest BCUT2D eigenvalue weighted by molar-refractivity contribution is -0.121. The maximum Gasteiger partial charge on any atom is 0.243 e. The van der Waals surface area contributed by atoms with Crippen LogP contribution in [0.2, 0.25) is 0 Å². The van der Waals surface area contributed by atoms with E-state index in [0.29, 0.717) is 18.8 Å². The number of carbonyl (C=O) groups is 1. The first kappa shape index (κ1) is 19.1. The zero-order chi connectivity index (χ0) is 17.9. The molecule has 1 aliphatic rings. The second kappa shape index (κ2) is 10.6. The normalized spacial score (nSPS) is 16.9. The fraction of sp³-hybridized carbons (Fsp3) is 0.526. The van der Waals surface area contributed by atoms with Gasteiger partial charge in [0.05, 0.1) is 19.3 Å². The number of carbonyl (C=O) groups excluding carboxylic acids is 1. The highest BCUT2D eigenvalue weighted by molar-refractivity contribution is 6.05. The topological polar surface area (TPSA) is 77.7 Å². The second-order valence-corrected chi connectivity index (χ2v) is 6.10. The summed E-state index contributed by atoms with van der Waals surface area (Å²) in [7, 11) is 0. The number of benzene rings is 1. The second-order valence-electron chi connectivity index (χ2n) is 6.10. The standard InChI is InChI=1S/C19H26N4O2/c1-16(21-8-5-9-23-10-12-25-13-11-23)18(14-20)19(24)22-15-17-6-3-2-4-7-17/h2-4,6-7,18H,5,8-13,15H2,1H3,(H,22,24). The molecule has 2 rings (SSSR count). The molecule has 1 N–H and O–H groups in total. The Balaban J connectivity index is 1.75. The van der Waals surface area contributed by atoms with Crippen LogP contribution < -0.4 is 5.32 Å². The van der Waals surface area contributed by atoms with Gasteiger partial charge in [0.1, 0.15) is 0 Å². The van der Waals surface area contributed by atoms with Crippen LogP contribution in [0, 0.1) is 17.2 Å². The molecule has 0 spiro atoms. The summed E-state index contributed by atoms with van der Waals surface area (Å²) in [4.78, 5) is 19.0. The van der Waals surface area contributed by atoms with Crippen LogP contribution in [0.4, 0.5) is 0 Å². The molecule has 0 saturated carbocycles. The first-order chi connectivity index (χ1) is 12.2. The van der Waals surface area contributed by atoms with Gasteiger partial charge in [0.25, 0.3) is 0 Å². The maximum atomic E-state index is 12.2. The lowest BCUT2D eigenvalue weighted by Gasteiger charge is -2.26. The van der Waals surface area contributed by atoms with E-state index in [-0.39, 0.29) is 5.91 Å². The quantitative estimate of drug-likeness (QED) is 0.575. The van der Waals surface area contributed by atoms with Crippen molar-refractivity contribution in [1.82, 2.24) is 10.2 Å². The lowest BCUT2D eigenvalue weighted by atomic mass is 10.1. The Morgan fingerprint density at radius 1 is 1.36 bits per heavy atom. The van der Waals surface area contributed by atoms with E-state index in [1.165, 1.54) is 0 Å². The molecule has 134 valence electrons. The van der Waals surface area contributed by atoms with Crippen LogP contribution >= 0.6 is 0 Å². The molecule has 1 heterocycles. The fourth-order valence-corrected chi connectivity index (χ4v) is 2.69. The number of nitrogens with zero attached hydrogens (tertiary/aromatic N) is 3. The Kier molecular flexibility index (Phi) is 8.10. The highest BCUT2D eigenvalue weighted by Gasteiger charge is 2.20. The van der Waals surface area contributed by atoms with Crippen molar-refractivity contribution in [1.29, 1.82) is 5.26 Å². The summed E-state index contributed by atoms with van der Waals surface area (Å²) in [6.45, 7) is 7.29. The van der Waals surface area contributed by atoms with Crippen molar-refractivity contribution in [2.75, 3.05) is 39.4 Å². The first-order valence-electron chi connectivity index (χ1n) is 8.73. The molecule has 1 aromatic carbocycles. The summed E-state index contributed by atoms with van der Waals surface area (Å²) in [5, 5.41) is 12.1. The number of morpholine rings is 1. The van der Waals surface area contributed by atoms with E-state index >= 15 is 0 Å². The third-order valence-electron chi connectivity index (χ3n) is 4.22. The molecule has 6 heteroatoms. The van der Waals surface area contributed by atoms with Crippen molar-refractivity contribution in [2.45, 2.75) is 19.9 Å². The molecular weight excluding hydrogens is 316 g/mol. The van der Waals surface area contributed by atoms with Crippen LogP contribution in [-0.2, 0) is 16.1 Å². The van der Waals surface area contributed by atoms with Crippen molar-refractivity contribution in [3.8, 4) is 6.07 Å². The van der Waals surface area contributed by atoms with E-state index in [1.807, 2.05) is 30.3 Å².